The maximum atomic E-state index is 13.0. The molecule has 2 heterocycles. The van der Waals surface area contributed by atoms with Gasteiger partial charge in [-0.2, -0.15) is 9.78 Å². The Labute approximate surface area is 193 Å². The second-order valence-corrected chi connectivity index (χ2v) is 7.78. The number of rotatable bonds is 5. The number of carbonyl (C=O) groups excluding carboxylic acids is 2. The van der Waals surface area contributed by atoms with E-state index in [2.05, 4.69) is 15.4 Å². The lowest BCUT2D eigenvalue weighted by Gasteiger charge is -2.13. The van der Waals surface area contributed by atoms with Gasteiger partial charge in [0.2, 0.25) is 0 Å². The fraction of sp³-hybridized carbons (Fsp3) is 0.130. The van der Waals surface area contributed by atoms with E-state index in [9.17, 15) is 9.59 Å². The average molecular weight is 469 g/mol. The molecule has 0 atom stereocenters. The molecule has 0 saturated carbocycles. The van der Waals surface area contributed by atoms with E-state index in [-0.39, 0.29) is 28.6 Å². The molecule has 2 aromatic carbocycles. The molecular weight excluding hydrogens is 451 g/mol. The SMILES string of the molecule is CCOC(=O)c1cnn(-c2cc(C)c3ccccc3n2)c1NC(=O)c1ccc(Cl)cc1Cl. The minimum atomic E-state index is -0.617. The Bertz CT molecular complexity index is 1350. The molecule has 162 valence electrons. The van der Waals surface area contributed by atoms with E-state index in [1.807, 2.05) is 37.3 Å². The first-order valence-corrected chi connectivity index (χ1v) is 10.5. The molecule has 2 aromatic heterocycles. The zero-order chi connectivity index (χ0) is 22.8. The molecule has 0 aliphatic carbocycles. The van der Waals surface area contributed by atoms with Gasteiger partial charge in [-0.15, -0.1) is 0 Å². The molecule has 0 aliphatic rings. The number of fused-ring (bicyclic) bond motifs is 1. The van der Waals surface area contributed by atoms with E-state index in [0.717, 1.165) is 16.5 Å². The third-order valence-electron chi connectivity index (χ3n) is 4.80. The number of hydrogen-bond acceptors (Lipinski definition) is 5. The lowest BCUT2D eigenvalue weighted by molar-refractivity contribution is 0.0527. The van der Waals surface area contributed by atoms with Gasteiger partial charge in [-0.05, 0) is 49.7 Å². The van der Waals surface area contributed by atoms with Gasteiger partial charge in [0.15, 0.2) is 11.6 Å². The van der Waals surface area contributed by atoms with Crippen molar-refractivity contribution in [2.24, 2.45) is 0 Å². The lowest BCUT2D eigenvalue weighted by Crippen LogP contribution is -2.19. The molecule has 0 spiro atoms. The molecule has 1 N–H and O–H groups in total. The first-order chi connectivity index (χ1) is 15.4. The Morgan fingerprint density at radius 1 is 1.09 bits per heavy atom. The molecule has 0 bridgehead atoms. The van der Waals surface area contributed by atoms with Gasteiger partial charge in [-0.25, -0.2) is 9.78 Å². The highest BCUT2D eigenvalue weighted by molar-refractivity contribution is 6.37. The van der Waals surface area contributed by atoms with Gasteiger partial charge in [0.05, 0.1) is 28.9 Å². The van der Waals surface area contributed by atoms with Crippen LogP contribution in [0.1, 0.15) is 33.2 Å². The van der Waals surface area contributed by atoms with Crippen molar-refractivity contribution in [2.75, 3.05) is 11.9 Å². The van der Waals surface area contributed by atoms with Gasteiger partial charge in [0, 0.05) is 10.4 Å². The lowest BCUT2D eigenvalue weighted by atomic mass is 10.1. The van der Waals surface area contributed by atoms with E-state index in [4.69, 9.17) is 27.9 Å². The normalized spacial score (nSPS) is 10.9. The standard InChI is InChI=1S/C23H18Cl2N4O3/c1-3-32-23(31)17-12-26-29(20-10-13(2)15-6-4-5-7-19(15)27-20)21(17)28-22(30)16-9-8-14(24)11-18(16)25/h4-12H,3H2,1-2H3,(H,28,30). The van der Waals surface area contributed by atoms with Crippen LogP contribution in [0.15, 0.2) is 54.7 Å². The van der Waals surface area contributed by atoms with Crippen molar-refractivity contribution < 1.29 is 14.3 Å². The Kier molecular flexibility index (Phi) is 6.12. The van der Waals surface area contributed by atoms with Crippen LogP contribution < -0.4 is 5.32 Å². The van der Waals surface area contributed by atoms with Gasteiger partial charge in [-0.3, -0.25) is 4.79 Å². The number of nitrogens with zero attached hydrogens (tertiary/aromatic N) is 3. The Morgan fingerprint density at radius 2 is 1.88 bits per heavy atom. The molecule has 0 aliphatic heterocycles. The zero-order valence-corrected chi connectivity index (χ0v) is 18.7. The van der Waals surface area contributed by atoms with E-state index in [1.165, 1.54) is 23.0 Å². The molecule has 0 saturated heterocycles. The number of para-hydroxylation sites is 1. The van der Waals surface area contributed by atoms with Gasteiger partial charge in [0.1, 0.15) is 5.56 Å². The van der Waals surface area contributed by atoms with E-state index in [1.54, 1.807) is 13.0 Å². The summed E-state index contributed by atoms with van der Waals surface area (Å²) in [5.41, 5.74) is 2.02. The van der Waals surface area contributed by atoms with Crippen LogP contribution in [0.5, 0.6) is 0 Å². The highest BCUT2D eigenvalue weighted by atomic mass is 35.5. The number of anilines is 1. The summed E-state index contributed by atoms with van der Waals surface area (Å²) in [5, 5.41) is 8.61. The number of nitrogens with one attached hydrogen (secondary N) is 1. The van der Waals surface area contributed by atoms with Crippen LogP contribution in [-0.2, 0) is 4.74 Å². The van der Waals surface area contributed by atoms with Crippen molar-refractivity contribution in [2.45, 2.75) is 13.8 Å². The first kappa shape index (κ1) is 21.8. The number of amides is 1. The number of aryl methyl sites for hydroxylation is 1. The van der Waals surface area contributed by atoms with Crippen LogP contribution in [0.4, 0.5) is 5.82 Å². The molecule has 1 amide bonds. The molecule has 0 unspecified atom stereocenters. The molecular formula is C23H18Cl2N4O3. The van der Waals surface area contributed by atoms with Crippen molar-refractivity contribution in [3.63, 3.8) is 0 Å². The van der Waals surface area contributed by atoms with E-state index >= 15 is 0 Å². The molecule has 32 heavy (non-hydrogen) atoms. The predicted molar refractivity (Wildman–Crippen MR) is 124 cm³/mol. The third-order valence-corrected chi connectivity index (χ3v) is 5.35. The molecule has 9 heteroatoms. The highest BCUT2D eigenvalue weighted by Gasteiger charge is 2.24. The Morgan fingerprint density at radius 3 is 2.62 bits per heavy atom. The summed E-state index contributed by atoms with van der Waals surface area (Å²) < 4.78 is 6.53. The van der Waals surface area contributed by atoms with Gasteiger partial charge >= 0.3 is 5.97 Å². The van der Waals surface area contributed by atoms with Gasteiger partial charge in [-0.1, -0.05) is 41.4 Å². The minimum absolute atomic E-state index is 0.0953. The van der Waals surface area contributed by atoms with Crippen LogP contribution >= 0.6 is 23.2 Å². The summed E-state index contributed by atoms with van der Waals surface area (Å²) in [7, 11) is 0. The summed E-state index contributed by atoms with van der Waals surface area (Å²) >= 11 is 12.1. The zero-order valence-electron chi connectivity index (χ0n) is 17.2. The fourth-order valence-electron chi connectivity index (χ4n) is 3.29. The van der Waals surface area contributed by atoms with Crippen molar-refractivity contribution in [3.05, 3.63) is 81.5 Å². The fourth-order valence-corrected chi connectivity index (χ4v) is 3.78. The van der Waals surface area contributed by atoms with E-state index in [0.29, 0.717) is 10.8 Å². The molecule has 7 nitrogen and oxygen atoms in total. The summed E-state index contributed by atoms with van der Waals surface area (Å²) in [6, 6.07) is 14.0. The quantitative estimate of drug-likeness (QED) is 0.392. The second-order valence-electron chi connectivity index (χ2n) is 6.93. The number of hydrogen-bond donors (Lipinski definition) is 1. The summed E-state index contributed by atoms with van der Waals surface area (Å²) in [6.07, 6.45) is 1.34. The van der Waals surface area contributed by atoms with Crippen molar-refractivity contribution >= 4 is 51.8 Å². The van der Waals surface area contributed by atoms with Gasteiger partial charge < -0.3 is 10.1 Å². The molecule has 4 rings (SSSR count). The largest absolute Gasteiger partial charge is 0.462 e. The number of carbonyl (C=O) groups is 2. The van der Waals surface area contributed by atoms with Crippen LogP contribution in [0.2, 0.25) is 10.0 Å². The first-order valence-electron chi connectivity index (χ1n) is 9.77. The monoisotopic (exact) mass is 468 g/mol. The Hall–Kier alpha value is -3.42. The number of ether oxygens (including phenoxy) is 1. The predicted octanol–water partition coefficient (Wildman–Crippen LogP) is 5.46. The van der Waals surface area contributed by atoms with E-state index < -0.39 is 11.9 Å². The number of halogens is 2. The average Bonchev–Trinajstić information content (AvgIpc) is 3.17. The molecule has 4 aromatic rings. The van der Waals surface area contributed by atoms with Crippen molar-refractivity contribution in [1.29, 1.82) is 0 Å². The van der Waals surface area contributed by atoms with Gasteiger partial charge in [0.25, 0.3) is 5.91 Å². The topological polar surface area (TPSA) is 86.1 Å². The van der Waals surface area contributed by atoms with Crippen molar-refractivity contribution in [1.82, 2.24) is 14.8 Å². The smallest absolute Gasteiger partial charge is 0.343 e. The minimum Gasteiger partial charge on any atom is -0.462 e. The van der Waals surface area contributed by atoms with Crippen LogP contribution in [-0.4, -0.2) is 33.2 Å². The van der Waals surface area contributed by atoms with Crippen LogP contribution in [0.3, 0.4) is 0 Å². The number of aromatic nitrogens is 3. The summed E-state index contributed by atoms with van der Waals surface area (Å²) in [6.45, 7) is 3.82. The Balaban J connectivity index is 1.82. The van der Waals surface area contributed by atoms with Crippen LogP contribution in [0, 0.1) is 6.92 Å². The summed E-state index contributed by atoms with van der Waals surface area (Å²) in [4.78, 5) is 30.2. The highest BCUT2D eigenvalue weighted by Crippen LogP contribution is 2.26. The number of pyridine rings is 1. The summed E-state index contributed by atoms with van der Waals surface area (Å²) in [5.74, 6) is -0.582. The number of benzene rings is 2. The van der Waals surface area contributed by atoms with Crippen molar-refractivity contribution in [3.8, 4) is 5.82 Å². The number of esters is 1. The molecule has 0 fully saturated rings. The maximum absolute atomic E-state index is 13.0. The van der Waals surface area contributed by atoms with Crippen LogP contribution in [0.25, 0.3) is 16.7 Å². The molecule has 0 radical (unpaired) electrons. The second kappa shape index (κ2) is 8.98. The third kappa shape index (κ3) is 4.17. The maximum Gasteiger partial charge on any atom is 0.343 e.